The van der Waals surface area contributed by atoms with Gasteiger partial charge in [0.2, 0.25) is 11.8 Å². The van der Waals surface area contributed by atoms with E-state index in [2.05, 4.69) is 15.2 Å². The third-order valence-corrected chi connectivity index (χ3v) is 6.85. The number of anilines is 2. The number of nitrogens with one attached hydrogen (secondary N) is 2. The first-order valence-electron chi connectivity index (χ1n) is 12.5. The van der Waals surface area contributed by atoms with Crippen molar-refractivity contribution >= 4 is 57.3 Å². The van der Waals surface area contributed by atoms with Crippen LogP contribution >= 0.6 is 11.6 Å². The number of hydrogen-bond acceptors (Lipinski definition) is 6. The van der Waals surface area contributed by atoms with Gasteiger partial charge in [-0.2, -0.15) is 0 Å². The molecule has 9 nitrogen and oxygen atoms in total. The van der Waals surface area contributed by atoms with Crippen molar-refractivity contribution in [1.82, 2.24) is 9.88 Å². The van der Waals surface area contributed by atoms with Crippen LogP contribution < -0.4 is 16.0 Å². The first-order valence-corrected chi connectivity index (χ1v) is 12.9. The highest BCUT2D eigenvalue weighted by Gasteiger charge is 2.35. The van der Waals surface area contributed by atoms with E-state index in [9.17, 15) is 14.4 Å². The predicted molar refractivity (Wildman–Crippen MR) is 153 cm³/mol. The largest absolute Gasteiger partial charge is 0.417 e. The molecule has 1 aliphatic rings. The molecule has 39 heavy (non-hydrogen) atoms. The van der Waals surface area contributed by atoms with Crippen molar-refractivity contribution in [2.75, 3.05) is 37.4 Å². The summed E-state index contributed by atoms with van der Waals surface area (Å²) in [6.07, 6.45) is 0.842. The van der Waals surface area contributed by atoms with E-state index in [-0.39, 0.29) is 11.8 Å². The molecule has 0 saturated carbocycles. The molecule has 3 aromatic carbocycles. The van der Waals surface area contributed by atoms with Crippen molar-refractivity contribution in [2.24, 2.45) is 4.99 Å². The van der Waals surface area contributed by atoms with Crippen LogP contribution in [0.15, 0.2) is 74.9 Å². The second kappa shape index (κ2) is 10.9. The van der Waals surface area contributed by atoms with Gasteiger partial charge in [0.05, 0.1) is 16.9 Å². The summed E-state index contributed by atoms with van der Waals surface area (Å²) in [7, 11) is 4.00. The number of hydrogen-bond donors (Lipinski definition) is 2. The molecule has 1 unspecified atom stereocenters. The molecule has 0 spiro atoms. The van der Waals surface area contributed by atoms with E-state index in [0.717, 1.165) is 24.2 Å². The maximum Gasteiger partial charge on any atom is 0.417 e. The summed E-state index contributed by atoms with van der Waals surface area (Å²) in [5, 5.41) is 3.41. The van der Waals surface area contributed by atoms with Crippen molar-refractivity contribution in [3.05, 3.63) is 87.4 Å². The minimum Gasteiger partial charge on any atom is -0.408 e. The van der Waals surface area contributed by atoms with E-state index in [1.807, 2.05) is 44.4 Å². The van der Waals surface area contributed by atoms with Crippen LogP contribution in [0.4, 0.5) is 17.1 Å². The number of fused-ring (bicyclic) bond motifs is 2. The number of amides is 2. The number of carbonyl (C=O) groups excluding carboxylic acids is 2. The number of nitrogens with zero attached hydrogens (tertiary/aromatic N) is 3. The number of aromatic nitrogens is 1. The summed E-state index contributed by atoms with van der Waals surface area (Å²) in [4.78, 5) is 48.6. The number of oxazole rings is 1. The van der Waals surface area contributed by atoms with E-state index in [1.165, 1.54) is 0 Å². The Morgan fingerprint density at radius 2 is 1.79 bits per heavy atom. The van der Waals surface area contributed by atoms with Crippen LogP contribution in [0.5, 0.6) is 0 Å². The molecule has 2 heterocycles. The van der Waals surface area contributed by atoms with Gasteiger partial charge in [0.1, 0.15) is 5.92 Å². The molecule has 0 bridgehead atoms. The summed E-state index contributed by atoms with van der Waals surface area (Å²) in [5.74, 6) is -1.54. The second-order valence-electron chi connectivity index (χ2n) is 9.72. The van der Waals surface area contributed by atoms with Gasteiger partial charge in [-0.1, -0.05) is 23.7 Å². The predicted octanol–water partition coefficient (Wildman–Crippen LogP) is 4.94. The van der Waals surface area contributed by atoms with Gasteiger partial charge in [-0.25, -0.2) is 4.79 Å². The number of aromatic amines is 1. The van der Waals surface area contributed by atoms with E-state index in [1.54, 1.807) is 42.2 Å². The summed E-state index contributed by atoms with van der Waals surface area (Å²) in [6, 6.07) is 17.8. The number of H-pyrrole nitrogens is 1. The summed E-state index contributed by atoms with van der Waals surface area (Å²) in [6.45, 7) is 3.03. The molecule has 1 atom stereocenters. The van der Waals surface area contributed by atoms with E-state index < -0.39 is 11.7 Å². The van der Waals surface area contributed by atoms with Gasteiger partial charge in [0.25, 0.3) is 0 Å². The highest BCUT2D eigenvalue weighted by molar-refractivity contribution is 6.31. The lowest BCUT2D eigenvalue weighted by molar-refractivity contribution is -0.117. The van der Waals surface area contributed by atoms with Gasteiger partial charge in [-0.3, -0.25) is 19.6 Å². The minimum atomic E-state index is -0.709. The zero-order valence-corrected chi connectivity index (χ0v) is 22.6. The smallest absolute Gasteiger partial charge is 0.408 e. The van der Waals surface area contributed by atoms with E-state index in [4.69, 9.17) is 21.0 Å². The summed E-state index contributed by atoms with van der Waals surface area (Å²) >= 11 is 6.17. The quantitative estimate of drug-likeness (QED) is 0.305. The Morgan fingerprint density at radius 3 is 2.51 bits per heavy atom. The Hall–Kier alpha value is -4.21. The van der Waals surface area contributed by atoms with Crippen molar-refractivity contribution < 1.29 is 14.0 Å². The molecule has 4 aromatic rings. The Morgan fingerprint density at radius 1 is 1.03 bits per heavy atom. The molecule has 0 radical (unpaired) electrons. The number of benzene rings is 3. The van der Waals surface area contributed by atoms with Crippen molar-refractivity contribution in [2.45, 2.75) is 19.3 Å². The molecule has 5 rings (SSSR count). The molecule has 0 saturated heterocycles. The highest BCUT2D eigenvalue weighted by Crippen LogP contribution is 2.38. The average Bonchev–Trinajstić information content (AvgIpc) is 3.42. The van der Waals surface area contributed by atoms with Crippen LogP contribution in [-0.2, 0) is 9.59 Å². The van der Waals surface area contributed by atoms with E-state index >= 15 is 0 Å². The highest BCUT2D eigenvalue weighted by atomic mass is 35.5. The first kappa shape index (κ1) is 26.4. The number of carbonyl (C=O) groups is 2. The zero-order valence-electron chi connectivity index (χ0n) is 21.8. The van der Waals surface area contributed by atoms with Crippen LogP contribution in [0, 0.1) is 0 Å². The van der Waals surface area contributed by atoms with Crippen LogP contribution in [0.25, 0.3) is 11.1 Å². The van der Waals surface area contributed by atoms with Crippen LogP contribution in [-0.4, -0.2) is 54.6 Å². The molecule has 1 aliphatic heterocycles. The van der Waals surface area contributed by atoms with Crippen molar-refractivity contribution in [1.29, 1.82) is 0 Å². The zero-order chi connectivity index (χ0) is 27.7. The van der Waals surface area contributed by atoms with Crippen LogP contribution in [0.2, 0.25) is 5.02 Å². The fourth-order valence-electron chi connectivity index (χ4n) is 4.77. The van der Waals surface area contributed by atoms with Crippen molar-refractivity contribution in [3.8, 4) is 0 Å². The topological polar surface area (TPSA) is 111 Å². The third-order valence-electron chi connectivity index (χ3n) is 6.61. The molecular weight excluding hydrogens is 518 g/mol. The Balaban J connectivity index is 1.55. The second-order valence-corrected chi connectivity index (χ2v) is 10.2. The summed E-state index contributed by atoms with van der Waals surface area (Å²) < 4.78 is 5.27. The molecule has 200 valence electrons. The van der Waals surface area contributed by atoms with E-state index in [0.29, 0.717) is 45.3 Å². The third kappa shape index (κ3) is 5.64. The van der Waals surface area contributed by atoms with Crippen molar-refractivity contribution in [3.63, 3.8) is 0 Å². The lowest BCUT2D eigenvalue weighted by Crippen LogP contribution is -2.31. The number of halogens is 1. The minimum absolute atomic E-state index is 0.0371. The molecule has 2 N–H and O–H groups in total. The van der Waals surface area contributed by atoms with Gasteiger partial charge < -0.3 is 19.5 Å². The molecule has 1 aromatic heterocycles. The molecule has 0 fully saturated rings. The first-order chi connectivity index (χ1) is 18.7. The Labute approximate surface area is 230 Å². The fraction of sp³-hybridized carbons (Fsp3) is 0.241. The van der Waals surface area contributed by atoms with Gasteiger partial charge in [0.15, 0.2) is 5.58 Å². The number of rotatable bonds is 8. The fourth-order valence-corrected chi connectivity index (χ4v) is 4.94. The maximum atomic E-state index is 13.2. The average molecular weight is 546 g/mol. The standard InChI is InChI=1S/C29H28ClN5O4/c1-17(36)35(14-4-13-34(2)3)21-9-7-20(8-10-21)31-27(18-5-12-23-25(15-18)39-29(38)33-23)26-22-11-6-19(30)16-24(22)32-28(26)37/h5-12,15-16,26H,4,13-14H2,1-3H3,(H,32,37)(H,33,38). The normalized spacial score (nSPS) is 15.1. The van der Waals surface area contributed by atoms with Gasteiger partial charge in [0, 0.05) is 35.4 Å². The maximum absolute atomic E-state index is 13.2. The van der Waals surface area contributed by atoms with Crippen LogP contribution in [0.1, 0.15) is 30.4 Å². The Kier molecular flexibility index (Phi) is 7.36. The monoisotopic (exact) mass is 545 g/mol. The Bertz CT molecular complexity index is 1640. The van der Waals surface area contributed by atoms with Gasteiger partial charge in [-0.05, 0) is 81.2 Å². The van der Waals surface area contributed by atoms with Gasteiger partial charge in [-0.15, -0.1) is 0 Å². The lowest BCUT2D eigenvalue weighted by Gasteiger charge is -2.22. The molecular formula is C29H28ClN5O4. The number of aliphatic imine (C=N–C) groups is 1. The molecule has 2 amide bonds. The molecule has 10 heteroatoms. The lowest BCUT2D eigenvalue weighted by atomic mass is 9.90. The molecule has 0 aliphatic carbocycles. The summed E-state index contributed by atoms with van der Waals surface area (Å²) in [5.41, 5.74) is 4.79. The SMILES string of the molecule is CC(=O)N(CCCN(C)C)c1ccc(N=C(c2ccc3[nH]c(=O)oc3c2)C2C(=O)Nc3cc(Cl)ccc32)cc1. The van der Waals surface area contributed by atoms with Crippen LogP contribution in [0.3, 0.4) is 0 Å². The van der Waals surface area contributed by atoms with Gasteiger partial charge >= 0.3 is 5.76 Å².